The molecule has 0 spiro atoms. The minimum atomic E-state index is -0.355. The Morgan fingerprint density at radius 1 is 1.32 bits per heavy atom. The number of thioether (sulfide) groups is 1. The van der Waals surface area contributed by atoms with Gasteiger partial charge in [-0.2, -0.15) is 5.26 Å². The molecule has 1 atom stereocenters. The van der Waals surface area contributed by atoms with Gasteiger partial charge in [0, 0.05) is 16.8 Å². The molecule has 1 aliphatic heterocycles. The molecule has 3 rings (SSSR count). The summed E-state index contributed by atoms with van der Waals surface area (Å²) in [6.07, 6.45) is 0.184. The number of rotatable bonds is 7. The summed E-state index contributed by atoms with van der Waals surface area (Å²) in [5.74, 6) is 0.0459. The van der Waals surface area contributed by atoms with Gasteiger partial charge in [-0.1, -0.05) is 30.0 Å². The number of nitrogens with one attached hydrogen (secondary N) is 2. The Bertz CT molecular complexity index is 1060. The number of carbonyl (C=O) groups excluding carboxylic acids is 2. The number of nitrogens with zero attached hydrogens (tertiary/aromatic N) is 1. The van der Waals surface area contributed by atoms with E-state index in [-0.39, 0.29) is 29.9 Å². The van der Waals surface area contributed by atoms with Crippen molar-refractivity contribution in [2.75, 3.05) is 17.7 Å². The molecule has 0 radical (unpaired) electrons. The van der Waals surface area contributed by atoms with Crippen LogP contribution >= 0.6 is 27.7 Å². The van der Waals surface area contributed by atoms with Crippen LogP contribution in [0, 0.1) is 18.3 Å². The Morgan fingerprint density at radius 3 is 2.71 bits per heavy atom. The van der Waals surface area contributed by atoms with Gasteiger partial charge in [0.05, 0.1) is 34.7 Å². The maximum Gasteiger partial charge on any atom is 0.234 e. The highest BCUT2D eigenvalue weighted by molar-refractivity contribution is 9.10. The van der Waals surface area contributed by atoms with E-state index in [2.05, 4.69) is 32.6 Å². The predicted molar refractivity (Wildman–Crippen MR) is 126 cm³/mol. The van der Waals surface area contributed by atoms with Crippen LogP contribution in [0.3, 0.4) is 0 Å². The van der Waals surface area contributed by atoms with Gasteiger partial charge in [0.15, 0.2) is 0 Å². The maximum absolute atomic E-state index is 12.4. The third kappa shape index (κ3) is 5.90. The first-order chi connectivity index (χ1) is 14.9. The topological polar surface area (TPSA) is 91.2 Å². The average Bonchev–Trinajstić information content (AvgIpc) is 2.74. The average molecular weight is 500 g/mol. The van der Waals surface area contributed by atoms with Crippen molar-refractivity contribution < 1.29 is 14.3 Å². The molecule has 0 aliphatic carbocycles. The number of benzene rings is 2. The van der Waals surface area contributed by atoms with Gasteiger partial charge in [-0.15, -0.1) is 0 Å². The first kappa shape index (κ1) is 22.9. The molecule has 2 N–H and O–H groups in total. The zero-order chi connectivity index (χ0) is 22.4. The van der Waals surface area contributed by atoms with E-state index < -0.39 is 0 Å². The zero-order valence-corrected chi connectivity index (χ0v) is 19.6. The van der Waals surface area contributed by atoms with Crippen molar-refractivity contribution in [3.05, 3.63) is 68.7 Å². The second kappa shape index (κ2) is 10.5. The molecule has 2 amide bonds. The Hall–Kier alpha value is -2.76. The molecule has 2 aromatic carbocycles. The number of nitriles is 1. The zero-order valence-electron chi connectivity index (χ0n) is 17.2. The fraction of sp³-hybridized carbons (Fsp3) is 0.261. The standard InChI is InChI=1S/C23H22BrN3O3S/c1-3-30-16-7-5-15(6-8-16)17-11-21(28)27-23(18(17)12-25)31-13-22(29)26-20-9-4-14(2)10-19(20)24/h4-10,17H,3,11,13H2,1-2H3,(H,26,29)(H,27,28)/t17-/m0/s1. The number of hydrogen-bond donors (Lipinski definition) is 2. The Morgan fingerprint density at radius 2 is 2.06 bits per heavy atom. The molecule has 8 heteroatoms. The summed E-state index contributed by atoms with van der Waals surface area (Å²) < 4.78 is 6.26. The largest absolute Gasteiger partial charge is 0.494 e. The first-order valence-electron chi connectivity index (χ1n) is 9.77. The van der Waals surface area contributed by atoms with Crippen LogP contribution in [0.5, 0.6) is 5.75 Å². The summed E-state index contributed by atoms with van der Waals surface area (Å²) in [6.45, 7) is 4.44. The highest BCUT2D eigenvalue weighted by atomic mass is 79.9. The first-order valence-corrected chi connectivity index (χ1v) is 11.5. The number of amides is 2. The number of aryl methyl sites for hydroxylation is 1. The number of allylic oxidation sites excluding steroid dienone is 1. The van der Waals surface area contributed by atoms with Gasteiger partial charge in [0.1, 0.15) is 5.75 Å². The van der Waals surface area contributed by atoms with Crippen LogP contribution in [0.2, 0.25) is 0 Å². The van der Waals surface area contributed by atoms with Gasteiger partial charge in [-0.05, 0) is 65.2 Å². The summed E-state index contributed by atoms with van der Waals surface area (Å²) in [5, 5.41) is 15.8. The van der Waals surface area contributed by atoms with E-state index >= 15 is 0 Å². The number of halogens is 1. The summed E-state index contributed by atoms with van der Waals surface area (Å²) in [6, 6.07) is 15.3. The lowest BCUT2D eigenvalue weighted by molar-refractivity contribution is -0.121. The highest BCUT2D eigenvalue weighted by Gasteiger charge is 2.30. The van der Waals surface area contributed by atoms with Crippen LogP contribution in [-0.2, 0) is 9.59 Å². The number of carbonyl (C=O) groups is 2. The Balaban J connectivity index is 1.74. The molecule has 2 aromatic rings. The quantitative estimate of drug-likeness (QED) is 0.566. The van der Waals surface area contributed by atoms with E-state index in [1.165, 1.54) is 0 Å². The van der Waals surface area contributed by atoms with Crippen LogP contribution in [0.15, 0.2) is 57.5 Å². The molecule has 0 saturated heterocycles. The van der Waals surface area contributed by atoms with Crippen LogP contribution in [0.25, 0.3) is 0 Å². The van der Waals surface area contributed by atoms with Crippen molar-refractivity contribution in [2.24, 2.45) is 0 Å². The summed E-state index contributed by atoms with van der Waals surface area (Å²) in [7, 11) is 0. The fourth-order valence-electron chi connectivity index (χ4n) is 3.23. The van der Waals surface area contributed by atoms with Crippen molar-refractivity contribution in [1.82, 2.24) is 5.32 Å². The molecule has 0 bridgehead atoms. The highest BCUT2D eigenvalue weighted by Crippen LogP contribution is 2.36. The minimum Gasteiger partial charge on any atom is -0.494 e. The molecule has 1 heterocycles. The third-order valence-corrected chi connectivity index (χ3v) is 6.37. The van der Waals surface area contributed by atoms with Gasteiger partial charge in [-0.25, -0.2) is 0 Å². The molecule has 0 unspecified atom stereocenters. The molecule has 0 aromatic heterocycles. The van der Waals surface area contributed by atoms with Gasteiger partial charge >= 0.3 is 0 Å². The second-order valence-corrected chi connectivity index (χ2v) is 8.82. The van der Waals surface area contributed by atoms with Gasteiger partial charge < -0.3 is 15.4 Å². The molecule has 1 aliphatic rings. The normalized spacial score (nSPS) is 15.8. The molecule has 0 fully saturated rings. The number of ether oxygens (including phenoxy) is 1. The van der Waals surface area contributed by atoms with Crippen LogP contribution in [0.1, 0.15) is 30.4 Å². The number of anilines is 1. The molecule has 0 saturated carbocycles. The lowest BCUT2D eigenvalue weighted by atomic mass is 9.87. The van der Waals surface area contributed by atoms with Gasteiger partial charge in [0.2, 0.25) is 11.8 Å². The molecule has 31 heavy (non-hydrogen) atoms. The Labute approximate surface area is 194 Å². The summed E-state index contributed by atoms with van der Waals surface area (Å²) in [5.41, 5.74) is 3.07. The predicted octanol–water partition coefficient (Wildman–Crippen LogP) is 4.87. The van der Waals surface area contributed by atoms with Crippen LogP contribution < -0.4 is 15.4 Å². The van der Waals surface area contributed by atoms with Gasteiger partial charge in [-0.3, -0.25) is 9.59 Å². The second-order valence-electron chi connectivity index (χ2n) is 6.98. The monoisotopic (exact) mass is 499 g/mol. The lowest BCUT2D eigenvalue weighted by Crippen LogP contribution is -2.31. The van der Waals surface area contributed by atoms with Crippen molar-refractivity contribution in [1.29, 1.82) is 5.26 Å². The van der Waals surface area contributed by atoms with E-state index in [0.717, 1.165) is 33.1 Å². The molecular formula is C23H22BrN3O3S. The number of hydrogen-bond acceptors (Lipinski definition) is 5. The minimum absolute atomic E-state index is 0.0666. The maximum atomic E-state index is 12.4. The SMILES string of the molecule is CCOc1ccc([C@@H]2CC(=O)NC(SCC(=O)Nc3ccc(C)cc3Br)=C2C#N)cc1. The van der Waals surface area contributed by atoms with E-state index in [1.54, 1.807) is 0 Å². The molecule has 160 valence electrons. The van der Waals surface area contributed by atoms with Crippen LogP contribution in [-0.4, -0.2) is 24.2 Å². The molecule has 6 nitrogen and oxygen atoms in total. The van der Waals surface area contributed by atoms with E-state index in [0.29, 0.717) is 22.9 Å². The third-order valence-electron chi connectivity index (χ3n) is 4.70. The molecular weight excluding hydrogens is 478 g/mol. The van der Waals surface area contributed by atoms with Crippen molar-refractivity contribution >= 4 is 45.2 Å². The van der Waals surface area contributed by atoms with E-state index in [1.807, 2.05) is 56.3 Å². The van der Waals surface area contributed by atoms with Crippen LogP contribution in [0.4, 0.5) is 5.69 Å². The summed E-state index contributed by atoms with van der Waals surface area (Å²) >= 11 is 4.59. The summed E-state index contributed by atoms with van der Waals surface area (Å²) in [4.78, 5) is 24.7. The van der Waals surface area contributed by atoms with Gasteiger partial charge in [0.25, 0.3) is 0 Å². The fourth-order valence-corrected chi connectivity index (χ4v) is 4.70. The van der Waals surface area contributed by atoms with E-state index in [4.69, 9.17) is 4.74 Å². The lowest BCUT2D eigenvalue weighted by Gasteiger charge is -2.25. The Kier molecular flexibility index (Phi) is 7.77. The van der Waals surface area contributed by atoms with E-state index in [9.17, 15) is 14.9 Å². The van der Waals surface area contributed by atoms with Crippen molar-refractivity contribution in [2.45, 2.75) is 26.2 Å². The van der Waals surface area contributed by atoms with Crippen molar-refractivity contribution in [3.8, 4) is 11.8 Å². The smallest absolute Gasteiger partial charge is 0.234 e. The van der Waals surface area contributed by atoms with Crippen molar-refractivity contribution in [3.63, 3.8) is 0 Å².